The fourth-order valence-corrected chi connectivity index (χ4v) is 7.23. The summed E-state index contributed by atoms with van der Waals surface area (Å²) in [5.74, 6) is -0.588. The van der Waals surface area contributed by atoms with Crippen LogP contribution in [0.1, 0.15) is 47.5 Å². The summed E-state index contributed by atoms with van der Waals surface area (Å²) in [6.07, 6.45) is 8.56. The Morgan fingerprint density at radius 3 is 2.60 bits per heavy atom. The van der Waals surface area contributed by atoms with Gasteiger partial charge in [0.15, 0.2) is 11.6 Å². The first-order valence-electron chi connectivity index (χ1n) is 10.8. The number of Topliss-reactive ketones (excluding diaryl/α,β-unsaturated/α-hetero) is 2. The van der Waals surface area contributed by atoms with Crippen molar-refractivity contribution in [2.75, 3.05) is 6.61 Å². The zero-order valence-electron chi connectivity index (χ0n) is 18.4. The summed E-state index contributed by atoms with van der Waals surface area (Å²) in [5.41, 5.74) is 1.06. The number of esters is 1. The van der Waals surface area contributed by atoms with Crippen LogP contribution in [0.25, 0.3) is 0 Å². The molecule has 5 nitrogen and oxygen atoms in total. The van der Waals surface area contributed by atoms with Gasteiger partial charge in [0.25, 0.3) is 0 Å². The third-order valence-electron chi connectivity index (χ3n) is 8.24. The Morgan fingerprint density at radius 2 is 1.93 bits per heavy atom. The Kier molecular flexibility index (Phi) is 4.79. The Morgan fingerprint density at radius 1 is 1.23 bits per heavy atom. The van der Waals surface area contributed by atoms with E-state index in [0.29, 0.717) is 6.42 Å². The minimum Gasteiger partial charge on any atom is -0.458 e. The van der Waals surface area contributed by atoms with Crippen LogP contribution >= 0.6 is 0 Å². The van der Waals surface area contributed by atoms with Crippen LogP contribution in [0, 0.1) is 40.4 Å². The summed E-state index contributed by atoms with van der Waals surface area (Å²) in [5, 5.41) is 0. The molecule has 2 fully saturated rings. The van der Waals surface area contributed by atoms with Crippen LogP contribution < -0.4 is 0 Å². The van der Waals surface area contributed by atoms with Gasteiger partial charge in [-0.3, -0.25) is 19.2 Å². The van der Waals surface area contributed by atoms with Gasteiger partial charge in [-0.15, -0.1) is 0 Å². The van der Waals surface area contributed by atoms with Gasteiger partial charge in [0, 0.05) is 30.6 Å². The van der Waals surface area contributed by atoms with Crippen LogP contribution in [0.15, 0.2) is 35.5 Å². The number of fused-ring (bicyclic) bond motifs is 5. The standard InChI is InChI=1S/C25H30O5/c1-13-8-17-19-9-14(2)22(21(29)12-30-15(3)26)25(19,5)11-20(28)23(17)24(4)7-6-16(27)10-18(13)24/h6-8,10,14,17,19,22-23H,9,11-12H2,1-5H3/t14-,17+,19+,22-,23-,24+,25+/m1/s1. The fourth-order valence-electron chi connectivity index (χ4n) is 7.23. The molecule has 0 amide bonds. The molecule has 0 N–H and O–H groups in total. The van der Waals surface area contributed by atoms with E-state index in [2.05, 4.69) is 26.8 Å². The second-order valence-electron chi connectivity index (χ2n) is 10.2. The topological polar surface area (TPSA) is 77.5 Å². The molecule has 0 aliphatic heterocycles. The molecular formula is C25H30O5. The number of hydrogen-bond donors (Lipinski definition) is 0. The van der Waals surface area contributed by atoms with Gasteiger partial charge < -0.3 is 4.74 Å². The average molecular weight is 411 g/mol. The molecule has 7 atom stereocenters. The molecule has 0 aromatic carbocycles. The van der Waals surface area contributed by atoms with Crippen LogP contribution in [-0.2, 0) is 23.9 Å². The van der Waals surface area contributed by atoms with E-state index in [1.165, 1.54) is 6.92 Å². The van der Waals surface area contributed by atoms with Crippen LogP contribution in [0.4, 0.5) is 0 Å². The van der Waals surface area contributed by atoms with E-state index < -0.39 is 16.8 Å². The number of ketones is 3. The van der Waals surface area contributed by atoms with Crippen molar-refractivity contribution in [1.82, 2.24) is 0 Å². The molecule has 0 aromatic heterocycles. The maximum atomic E-state index is 13.6. The van der Waals surface area contributed by atoms with Crippen LogP contribution in [-0.4, -0.2) is 29.9 Å². The quantitative estimate of drug-likeness (QED) is 0.664. The first kappa shape index (κ1) is 21.0. The smallest absolute Gasteiger partial charge is 0.303 e. The Hall–Kier alpha value is -2.30. The van der Waals surface area contributed by atoms with Crippen molar-refractivity contribution >= 4 is 23.3 Å². The molecule has 0 aromatic rings. The normalized spacial score (nSPS) is 42.0. The van der Waals surface area contributed by atoms with Crippen LogP contribution in [0.2, 0.25) is 0 Å². The molecule has 0 saturated heterocycles. The van der Waals surface area contributed by atoms with Gasteiger partial charge in [-0.1, -0.05) is 38.5 Å². The van der Waals surface area contributed by atoms with Crippen molar-refractivity contribution < 1.29 is 23.9 Å². The largest absolute Gasteiger partial charge is 0.458 e. The van der Waals surface area contributed by atoms with E-state index >= 15 is 0 Å². The highest BCUT2D eigenvalue weighted by Crippen LogP contribution is 2.65. The molecule has 0 unspecified atom stereocenters. The Labute approximate surface area is 177 Å². The van der Waals surface area contributed by atoms with E-state index in [1.54, 1.807) is 12.2 Å². The predicted molar refractivity (Wildman–Crippen MR) is 111 cm³/mol. The summed E-state index contributed by atoms with van der Waals surface area (Å²) in [7, 11) is 0. The summed E-state index contributed by atoms with van der Waals surface area (Å²) in [6, 6.07) is 0. The zero-order chi connectivity index (χ0) is 22.0. The number of allylic oxidation sites excluding steroid dienone is 6. The summed E-state index contributed by atoms with van der Waals surface area (Å²) < 4.78 is 5.00. The highest BCUT2D eigenvalue weighted by Gasteiger charge is 2.64. The Balaban J connectivity index is 1.74. The van der Waals surface area contributed by atoms with E-state index in [4.69, 9.17) is 4.74 Å². The molecule has 4 aliphatic carbocycles. The van der Waals surface area contributed by atoms with E-state index in [1.807, 2.05) is 13.0 Å². The maximum Gasteiger partial charge on any atom is 0.303 e. The molecular weight excluding hydrogens is 380 g/mol. The second kappa shape index (κ2) is 6.86. The van der Waals surface area contributed by atoms with E-state index in [-0.39, 0.29) is 53.5 Å². The summed E-state index contributed by atoms with van der Waals surface area (Å²) in [6.45, 7) is 9.31. The molecule has 0 radical (unpaired) electrons. The fraction of sp³-hybridized carbons (Fsp3) is 0.600. The minimum absolute atomic E-state index is 0.0326. The zero-order valence-corrected chi connectivity index (χ0v) is 18.4. The molecule has 0 heterocycles. The Bertz CT molecular complexity index is 937. The van der Waals surface area contributed by atoms with Gasteiger partial charge in [0.1, 0.15) is 12.4 Å². The lowest BCUT2D eigenvalue weighted by molar-refractivity contribution is -0.151. The molecule has 5 heteroatoms. The van der Waals surface area contributed by atoms with Gasteiger partial charge >= 0.3 is 5.97 Å². The molecule has 0 bridgehead atoms. The molecule has 2 saturated carbocycles. The van der Waals surface area contributed by atoms with Crippen molar-refractivity contribution in [2.24, 2.45) is 40.4 Å². The van der Waals surface area contributed by atoms with E-state index in [9.17, 15) is 19.2 Å². The predicted octanol–water partition coefficient (Wildman–Crippen LogP) is 3.63. The van der Waals surface area contributed by atoms with Crippen molar-refractivity contribution in [2.45, 2.75) is 47.5 Å². The summed E-state index contributed by atoms with van der Waals surface area (Å²) >= 11 is 0. The lowest BCUT2D eigenvalue weighted by Gasteiger charge is -2.54. The van der Waals surface area contributed by atoms with Gasteiger partial charge in [-0.25, -0.2) is 0 Å². The van der Waals surface area contributed by atoms with Crippen LogP contribution in [0.3, 0.4) is 0 Å². The van der Waals surface area contributed by atoms with Gasteiger partial charge in [-0.2, -0.15) is 0 Å². The number of rotatable bonds is 3. The molecule has 30 heavy (non-hydrogen) atoms. The van der Waals surface area contributed by atoms with Crippen molar-refractivity contribution in [3.05, 3.63) is 35.5 Å². The molecule has 4 rings (SSSR count). The number of hydrogen-bond acceptors (Lipinski definition) is 5. The van der Waals surface area contributed by atoms with Gasteiger partial charge in [0.2, 0.25) is 0 Å². The first-order valence-corrected chi connectivity index (χ1v) is 10.8. The third kappa shape index (κ3) is 2.89. The maximum absolute atomic E-state index is 13.6. The number of ether oxygens (including phenoxy) is 1. The molecule has 160 valence electrons. The van der Waals surface area contributed by atoms with Crippen molar-refractivity contribution in [1.29, 1.82) is 0 Å². The monoisotopic (exact) mass is 410 g/mol. The number of carbonyl (C=O) groups excluding carboxylic acids is 4. The third-order valence-corrected chi connectivity index (χ3v) is 8.24. The molecule has 4 aliphatic rings. The lowest BCUT2D eigenvalue weighted by Crippen LogP contribution is -2.54. The van der Waals surface area contributed by atoms with Gasteiger partial charge in [-0.05, 0) is 54.2 Å². The average Bonchev–Trinajstić information content (AvgIpc) is 2.91. The molecule has 0 spiro atoms. The highest BCUT2D eigenvalue weighted by molar-refractivity contribution is 6.02. The van der Waals surface area contributed by atoms with Crippen molar-refractivity contribution in [3.8, 4) is 0 Å². The van der Waals surface area contributed by atoms with E-state index in [0.717, 1.165) is 17.6 Å². The number of carbonyl (C=O) groups is 4. The SMILES string of the molecule is CC(=O)OCC(=O)[C@H]1[C@H](C)C[C@H]2[C@@H]3C=C(C)C4=CC(=O)C=C[C@]4(C)[C@H]3C(=O)C[C@@]21C. The lowest BCUT2D eigenvalue weighted by atomic mass is 9.48. The highest BCUT2D eigenvalue weighted by atomic mass is 16.5. The summed E-state index contributed by atoms with van der Waals surface area (Å²) in [4.78, 5) is 49.8. The second-order valence-corrected chi connectivity index (χ2v) is 10.2. The first-order chi connectivity index (χ1) is 14.0. The minimum atomic E-state index is -0.487. The van der Waals surface area contributed by atoms with Crippen molar-refractivity contribution in [3.63, 3.8) is 0 Å². The van der Waals surface area contributed by atoms with Gasteiger partial charge in [0.05, 0.1) is 0 Å². The van der Waals surface area contributed by atoms with Crippen LogP contribution in [0.5, 0.6) is 0 Å².